The number of halogens is 7. The molecule has 0 rings (SSSR count). The van der Waals surface area contributed by atoms with Gasteiger partial charge in [0.25, 0.3) is 0 Å². The van der Waals surface area contributed by atoms with Crippen LogP contribution >= 0.6 is 0 Å². The lowest BCUT2D eigenvalue weighted by atomic mass is 10.2. The van der Waals surface area contributed by atoms with Crippen LogP contribution in [0.3, 0.4) is 0 Å². The zero-order valence-electron chi connectivity index (χ0n) is 5.30. The highest BCUT2D eigenvalue weighted by Crippen LogP contribution is 2.40. The average molecular weight is 200 g/mol. The van der Waals surface area contributed by atoms with Crippen LogP contribution in [0.4, 0.5) is 30.7 Å². The van der Waals surface area contributed by atoms with Gasteiger partial charge in [-0.25, -0.2) is 0 Å². The lowest BCUT2D eigenvalue weighted by Crippen LogP contribution is -2.43. The van der Waals surface area contributed by atoms with E-state index < -0.39 is 24.6 Å². The quantitative estimate of drug-likeness (QED) is 0.677. The zero-order chi connectivity index (χ0) is 10.2. The molecular formula is C4H3F7O. The van der Waals surface area contributed by atoms with Crippen molar-refractivity contribution >= 4 is 0 Å². The van der Waals surface area contributed by atoms with Crippen molar-refractivity contribution in [2.24, 2.45) is 0 Å². The molecule has 12 heavy (non-hydrogen) atoms. The molecule has 0 unspecified atom stereocenters. The molecule has 0 aromatic heterocycles. The van der Waals surface area contributed by atoms with E-state index in [0.29, 0.717) is 0 Å². The molecule has 0 bridgehead atoms. The molecule has 1 nitrogen and oxygen atoms in total. The minimum absolute atomic E-state index is 3.05. The maximum absolute atomic E-state index is 11.7. The van der Waals surface area contributed by atoms with E-state index in [9.17, 15) is 30.7 Å². The molecule has 0 saturated heterocycles. The van der Waals surface area contributed by atoms with Gasteiger partial charge in [0.2, 0.25) is 0 Å². The van der Waals surface area contributed by atoms with Crippen LogP contribution in [0.2, 0.25) is 0 Å². The fraction of sp³-hybridized carbons (Fsp3) is 1.00. The van der Waals surface area contributed by atoms with Crippen LogP contribution in [0.15, 0.2) is 0 Å². The summed E-state index contributed by atoms with van der Waals surface area (Å²) in [5, 5.41) is 7.33. The van der Waals surface area contributed by atoms with E-state index in [0.717, 1.165) is 0 Å². The van der Waals surface area contributed by atoms with Gasteiger partial charge in [-0.3, -0.25) is 0 Å². The lowest BCUT2D eigenvalue weighted by molar-refractivity contribution is -0.347. The first-order chi connectivity index (χ1) is 4.96. The molecule has 0 radical (unpaired) electrons. The maximum atomic E-state index is 11.7. The van der Waals surface area contributed by atoms with Crippen molar-refractivity contribution in [2.75, 3.05) is 0 Å². The van der Waals surface area contributed by atoms with Gasteiger partial charge in [-0.05, 0) is 0 Å². The van der Waals surface area contributed by atoms with Gasteiger partial charge in [0.05, 0.1) is 0 Å². The Balaban J connectivity index is 4.44. The van der Waals surface area contributed by atoms with Crippen molar-refractivity contribution in [3.8, 4) is 0 Å². The summed E-state index contributed by atoms with van der Waals surface area (Å²) < 4.78 is 79.6. The van der Waals surface area contributed by atoms with Gasteiger partial charge in [-0.1, -0.05) is 0 Å². The molecule has 0 aromatic rings. The summed E-state index contributed by atoms with van der Waals surface area (Å²) in [4.78, 5) is 0. The van der Waals surface area contributed by atoms with Crippen molar-refractivity contribution in [1.29, 1.82) is 0 Å². The molecule has 8 heteroatoms. The Bertz CT molecular complexity index is 154. The lowest BCUT2D eigenvalue weighted by Gasteiger charge is -2.22. The van der Waals surface area contributed by atoms with Crippen molar-refractivity contribution in [3.63, 3.8) is 0 Å². The number of hydrogen-bond acceptors (Lipinski definition) is 1. The molecule has 0 heterocycles. The molecule has 0 spiro atoms. The fourth-order valence-electron chi connectivity index (χ4n) is 0.358. The zero-order valence-corrected chi connectivity index (χ0v) is 5.30. The average Bonchev–Trinajstić information content (AvgIpc) is 1.52. The minimum Gasteiger partial charge on any atom is -0.332 e. The third-order valence-corrected chi connectivity index (χ3v) is 0.863. The van der Waals surface area contributed by atoms with Gasteiger partial charge in [0.1, 0.15) is 6.42 Å². The third kappa shape index (κ3) is 3.24. The van der Waals surface area contributed by atoms with Crippen LogP contribution < -0.4 is 0 Å². The normalized spacial score (nSPS) is 15.0. The summed E-state index contributed by atoms with van der Waals surface area (Å²) in [6, 6.07) is 0. The highest BCUT2D eigenvalue weighted by atomic mass is 19.4. The second kappa shape index (κ2) is 2.75. The molecule has 0 aliphatic carbocycles. The summed E-state index contributed by atoms with van der Waals surface area (Å²) in [5.41, 5.74) is 0. The van der Waals surface area contributed by atoms with Crippen LogP contribution in [0.5, 0.6) is 0 Å². The Labute approximate surface area is 61.8 Å². The van der Waals surface area contributed by atoms with Gasteiger partial charge in [-0.15, -0.1) is 0 Å². The van der Waals surface area contributed by atoms with Gasteiger partial charge in [-0.2, -0.15) is 30.7 Å². The first kappa shape index (κ1) is 11.5. The van der Waals surface area contributed by atoms with E-state index in [-0.39, 0.29) is 0 Å². The van der Waals surface area contributed by atoms with E-state index in [1.807, 2.05) is 0 Å². The SMILES string of the molecule is OC(F)(F)C(F)(F)CC(F)(F)F. The van der Waals surface area contributed by atoms with Crippen molar-refractivity contribution in [2.45, 2.75) is 24.6 Å². The fourth-order valence-corrected chi connectivity index (χ4v) is 0.358. The number of rotatable bonds is 2. The standard InChI is InChI=1S/C4H3F7O/c5-2(6,4(10,11)12)1-3(7,8)9/h12H,1H2. The summed E-state index contributed by atoms with van der Waals surface area (Å²) in [6.45, 7) is 0. The van der Waals surface area contributed by atoms with Crippen LogP contribution in [0, 0.1) is 0 Å². The van der Waals surface area contributed by atoms with E-state index in [4.69, 9.17) is 5.11 Å². The van der Waals surface area contributed by atoms with E-state index in [1.54, 1.807) is 0 Å². The Morgan fingerprint density at radius 3 is 1.25 bits per heavy atom. The molecule has 0 fully saturated rings. The van der Waals surface area contributed by atoms with E-state index >= 15 is 0 Å². The topological polar surface area (TPSA) is 20.2 Å². The smallest absolute Gasteiger partial charge is 0.332 e. The Morgan fingerprint density at radius 1 is 0.833 bits per heavy atom. The van der Waals surface area contributed by atoms with Crippen molar-refractivity contribution in [3.05, 3.63) is 0 Å². The van der Waals surface area contributed by atoms with Crippen LogP contribution in [-0.2, 0) is 0 Å². The Kier molecular flexibility index (Phi) is 2.63. The molecular weight excluding hydrogens is 197 g/mol. The Morgan fingerprint density at radius 2 is 1.17 bits per heavy atom. The highest BCUT2D eigenvalue weighted by molar-refractivity contribution is 4.78. The van der Waals surface area contributed by atoms with Crippen molar-refractivity contribution in [1.82, 2.24) is 0 Å². The molecule has 0 aromatic carbocycles. The van der Waals surface area contributed by atoms with Crippen LogP contribution in [0.1, 0.15) is 6.42 Å². The van der Waals surface area contributed by atoms with Gasteiger partial charge >= 0.3 is 18.2 Å². The molecule has 0 saturated carbocycles. The third-order valence-electron chi connectivity index (χ3n) is 0.863. The monoisotopic (exact) mass is 200 g/mol. The number of aliphatic hydroxyl groups is 1. The summed E-state index contributed by atoms with van der Waals surface area (Å²) in [5.74, 6) is -5.48. The maximum Gasteiger partial charge on any atom is 0.417 e. The van der Waals surface area contributed by atoms with Crippen LogP contribution in [0.25, 0.3) is 0 Å². The highest BCUT2D eigenvalue weighted by Gasteiger charge is 2.60. The molecule has 1 N–H and O–H groups in total. The molecule has 74 valence electrons. The van der Waals surface area contributed by atoms with Crippen LogP contribution in [-0.4, -0.2) is 23.3 Å². The van der Waals surface area contributed by atoms with E-state index in [2.05, 4.69) is 0 Å². The predicted octanol–water partition coefficient (Wildman–Crippen LogP) is 2.16. The molecule has 0 amide bonds. The molecule has 0 aliphatic rings. The van der Waals surface area contributed by atoms with Gasteiger partial charge < -0.3 is 5.11 Å². The van der Waals surface area contributed by atoms with Crippen molar-refractivity contribution < 1.29 is 35.8 Å². The van der Waals surface area contributed by atoms with Gasteiger partial charge in [0.15, 0.2) is 0 Å². The van der Waals surface area contributed by atoms with Gasteiger partial charge in [0, 0.05) is 0 Å². The minimum atomic E-state index is -5.65. The summed E-state index contributed by atoms with van der Waals surface area (Å²) in [7, 11) is 0. The molecule has 0 atom stereocenters. The first-order valence-electron chi connectivity index (χ1n) is 2.50. The summed E-state index contributed by atoms with van der Waals surface area (Å²) in [6.07, 6.45) is -14.2. The second-order valence-corrected chi connectivity index (χ2v) is 2.04. The summed E-state index contributed by atoms with van der Waals surface area (Å²) >= 11 is 0. The predicted molar refractivity (Wildman–Crippen MR) is 22.8 cm³/mol. The van der Waals surface area contributed by atoms with E-state index in [1.165, 1.54) is 0 Å². The second-order valence-electron chi connectivity index (χ2n) is 2.04. The number of alkyl halides is 7. The largest absolute Gasteiger partial charge is 0.417 e. The molecule has 0 aliphatic heterocycles. The first-order valence-corrected chi connectivity index (χ1v) is 2.50. The number of hydrogen-bond donors (Lipinski definition) is 1. The Hall–Kier alpha value is -0.530.